The van der Waals surface area contributed by atoms with Crippen molar-refractivity contribution in [3.63, 3.8) is 0 Å². The number of hydrogen-bond donors (Lipinski definition) is 1. The molecule has 0 radical (unpaired) electrons. The van der Waals surface area contributed by atoms with Gasteiger partial charge in [0, 0.05) is 5.75 Å². The van der Waals surface area contributed by atoms with Crippen LogP contribution < -0.4 is 5.32 Å². The second-order valence-electron chi connectivity index (χ2n) is 3.61. The maximum absolute atomic E-state index is 5.04. The predicted octanol–water partition coefficient (Wildman–Crippen LogP) is 1.47. The van der Waals surface area contributed by atoms with Crippen molar-refractivity contribution in [1.29, 1.82) is 0 Å². The Morgan fingerprint density at radius 2 is 2.29 bits per heavy atom. The number of rotatable bonds is 3. The molecule has 1 N–H and O–H groups in total. The monoisotopic (exact) mass is 213 g/mol. The zero-order chi connectivity index (χ0) is 9.80. The molecule has 1 aliphatic rings. The van der Waals surface area contributed by atoms with Gasteiger partial charge in [-0.05, 0) is 38.8 Å². The molecule has 0 amide bonds. The fourth-order valence-corrected chi connectivity index (χ4v) is 2.57. The van der Waals surface area contributed by atoms with Crippen LogP contribution in [-0.2, 0) is 0 Å². The van der Waals surface area contributed by atoms with Crippen molar-refractivity contribution < 1.29 is 4.52 Å². The van der Waals surface area contributed by atoms with Crippen LogP contribution >= 0.6 is 11.8 Å². The van der Waals surface area contributed by atoms with Crippen LogP contribution in [0.4, 0.5) is 0 Å². The minimum absolute atomic E-state index is 0.709. The summed E-state index contributed by atoms with van der Waals surface area (Å²) in [6, 6.07) is 0. The standard InChI is InChI=1S/C9H15N3OS/c1-7-11-9(13-12-7)14-6-8-2-4-10-5-3-8/h8,10H,2-6H2,1H3. The maximum atomic E-state index is 5.04. The van der Waals surface area contributed by atoms with E-state index in [1.54, 1.807) is 11.8 Å². The van der Waals surface area contributed by atoms with Crippen molar-refractivity contribution in [1.82, 2.24) is 15.5 Å². The molecule has 2 heterocycles. The van der Waals surface area contributed by atoms with Crippen molar-refractivity contribution in [2.75, 3.05) is 18.8 Å². The number of nitrogens with one attached hydrogen (secondary N) is 1. The molecular formula is C9H15N3OS. The number of aryl methyl sites for hydroxylation is 1. The van der Waals surface area contributed by atoms with Gasteiger partial charge in [-0.25, -0.2) is 0 Å². The van der Waals surface area contributed by atoms with Gasteiger partial charge in [-0.2, -0.15) is 4.98 Å². The SMILES string of the molecule is Cc1noc(SCC2CCNCC2)n1. The van der Waals surface area contributed by atoms with E-state index < -0.39 is 0 Å². The van der Waals surface area contributed by atoms with E-state index in [-0.39, 0.29) is 0 Å². The summed E-state index contributed by atoms with van der Waals surface area (Å²) in [4.78, 5) is 4.16. The highest BCUT2D eigenvalue weighted by molar-refractivity contribution is 7.99. The first-order valence-corrected chi connectivity index (χ1v) is 5.97. The van der Waals surface area contributed by atoms with Gasteiger partial charge in [0.25, 0.3) is 5.22 Å². The van der Waals surface area contributed by atoms with Gasteiger partial charge in [-0.15, -0.1) is 0 Å². The molecule has 14 heavy (non-hydrogen) atoms. The van der Waals surface area contributed by atoms with Crippen molar-refractivity contribution >= 4 is 11.8 Å². The van der Waals surface area contributed by atoms with E-state index in [0.29, 0.717) is 5.22 Å². The summed E-state index contributed by atoms with van der Waals surface area (Å²) >= 11 is 1.68. The molecule has 0 aromatic carbocycles. The van der Waals surface area contributed by atoms with Crippen LogP contribution in [-0.4, -0.2) is 29.0 Å². The van der Waals surface area contributed by atoms with Crippen LogP contribution in [0.3, 0.4) is 0 Å². The van der Waals surface area contributed by atoms with E-state index >= 15 is 0 Å². The lowest BCUT2D eigenvalue weighted by atomic mass is 10.0. The van der Waals surface area contributed by atoms with Crippen molar-refractivity contribution in [2.24, 2.45) is 5.92 Å². The first-order chi connectivity index (χ1) is 6.84. The summed E-state index contributed by atoms with van der Waals surface area (Å²) in [7, 11) is 0. The van der Waals surface area contributed by atoms with Gasteiger partial charge >= 0.3 is 0 Å². The lowest BCUT2D eigenvalue weighted by molar-refractivity contribution is 0.336. The highest BCUT2D eigenvalue weighted by Gasteiger charge is 2.14. The Morgan fingerprint density at radius 3 is 2.93 bits per heavy atom. The Bertz CT molecular complexity index is 283. The molecule has 2 rings (SSSR count). The Labute approximate surface area is 87.8 Å². The van der Waals surface area contributed by atoms with E-state index in [2.05, 4.69) is 15.5 Å². The quantitative estimate of drug-likeness (QED) is 0.771. The molecule has 5 heteroatoms. The van der Waals surface area contributed by atoms with Gasteiger partial charge in [0.2, 0.25) is 0 Å². The second kappa shape index (κ2) is 4.79. The van der Waals surface area contributed by atoms with E-state index in [4.69, 9.17) is 4.52 Å². The number of nitrogens with zero attached hydrogens (tertiary/aromatic N) is 2. The zero-order valence-corrected chi connectivity index (χ0v) is 9.14. The molecule has 0 unspecified atom stereocenters. The second-order valence-corrected chi connectivity index (χ2v) is 4.58. The summed E-state index contributed by atoms with van der Waals surface area (Å²) in [6.45, 7) is 4.14. The zero-order valence-electron chi connectivity index (χ0n) is 8.32. The molecule has 4 nitrogen and oxygen atoms in total. The summed E-state index contributed by atoms with van der Waals surface area (Å²) in [5.74, 6) is 2.62. The first-order valence-electron chi connectivity index (χ1n) is 4.98. The third kappa shape index (κ3) is 2.72. The van der Waals surface area contributed by atoms with Crippen molar-refractivity contribution in [3.8, 4) is 0 Å². The third-order valence-electron chi connectivity index (χ3n) is 2.41. The van der Waals surface area contributed by atoms with Gasteiger partial charge in [0.1, 0.15) is 0 Å². The number of hydrogen-bond acceptors (Lipinski definition) is 5. The fraction of sp³-hybridized carbons (Fsp3) is 0.778. The Hall–Kier alpha value is -0.550. The van der Waals surface area contributed by atoms with Gasteiger partial charge in [-0.3, -0.25) is 0 Å². The predicted molar refractivity (Wildman–Crippen MR) is 55.4 cm³/mol. The molecule has 1 saturated heterocycles. The minimum atomic E-state index is 0.709. The van der Waals surface area contributed by atoms with E-state index in [0.717, 1.165) is 30.6 Å². The lowest BCUT2D eigenvalue weighted by Crippen LogP contribution is -2.28. The average Bonchev–Trinajstić information content (AvgIpc) is 2.63. The Balaban J connectivity index is 1.76. The van der Waals surface area contributed by atoms with Crippen LogP contribution in [0.2, 0.25) is 0 Å². The molecule has 78 valence electrons. The number of piperidine rings is 1. The summed E-state index contributed by atoms with van der Waals surface area (Å²) < 4.78 is 5.04. The van der Waals surface area contributed by atoms with E-state index in [1.807, 2.05) is 6.92 Å². The average molecular weight is 213 g/mol. The Kier molecular flexibility index (Phi) is 3.42. The van der Waals surface area contributed by atoms with Gasteiger partial charge in [0.15, 0.2) is 5.82 Å². The van der Waals surface area contributed by atoms with Crippen molar-refractivity contribution in [2.45, 2.75) is 25.0 Å². The first kappa shape index (κ1) is 9.98. The summed E-state index contributed by atoms with van der Waals surface area (Å²) in [6.07, 6.45) is 2.53. The van der Waals surface area contributed by atoms with Gasteiger partial charge < -0.3 is 9.84 Å². The minimum Gasteiger partial charge on any atom is -0.327 e. The molecule has 0 atom stereocenters. The molecule has 1 fully saturated rings. The molecule has 1 aromatic heterocycles. The normalized spacial score (nSPS) is 18.6. The third-order valence-corrected chi connectivity index (χ3v) is 3.46. The van der Waals surface area contributed by atoms with Crippen LogP contribution in [0.15, 0.2) is 9.75 Å². The van der Waals surface area contributed by atoms with Crippen LogP contribution in [0.25, 0.3) is 0 Å². The molecule has 0 bridgehead atoms. The molecule has 0 aliphatic carbocycles. The van der Waals surface area contributed by atoms with Crippen LogP contribution in [0, 0.1) is 12.8 Å². The lowest BCUT2D eigenvalue weighted by Gasteiger charge is -2.21. The fourth-order valence-electron chi connectivity index (χ4n) is 1.57. The van der Waals surface area contributed by atoms with Gasteiger partial charge in [-0.1, -0.05) is 16.9 Å². The summed E-state index contributed by atoms with van der Waals surface area (Å²) in [5, 5.41) is 7.83. The largest absolute Gasteiger partial charge is 0.327 e. The van der Waals surface area contributed by atoms with Gasteiger partial charge in [0.05, 0.1) is 0 Å². The van der Waals surface area contributed by atoms with Crippen LogP contribution in [0.5, 0.6) is 0 Å². The molecule has 0 spiro atoms. The van der Waals surface area contributed by atoms with Crippen LogP contribution in [0.1, 0.15) is 18.7 Å². The van der Waals surface area contributed by atoms with Crippen molar-refractivity contribution in [3.05, 3.63) is 5.82 Å². The van der Waals surface area contributed by atoms with E-state index in [9.17, 15) is 0 Å². The molecule has 1 aliphatic heterocycles. The van der Waals surface area contributed by atoms with E-state index in [1.165, 1.54) is 12.8 Å². The smallest absolute Gasteiger partial charge is 0.285 e. The molecule has 1 aromatic rings. The number of aromatic nitrogens is 2. The highest BCUT2D eigenvalue weighted by atomic mass is 32.2. The summed E-state index contributed by atoms with van der Waals surface area (Å²) in [5.41, 5.74) is 0. The topological polar surface area (TPSA) is 51.0 Å². The number of thioether (sulfide) groups is 1. The Morgan fingerprint density at radius 1 is 1.50 bits per heavy atom. The molecule has 0 saturated carbocycles. The highest BCUT2D eigenvalue weighted by Crippen LogP contribution is 2.23. The maximum Gasteiger partial charge on any atom is 0.285 e. The molecular weight excluding hydrogens is 198 g/mol.